The highest BCUT2D eigenvalue weighted by molar-refractivity contribution is 5.92. The van der Waals surface area contributed by atoms with Crippen molar-refractivity contribution in [1.29, 1.82) is 0 Å². The zero-order chi connectivity index (χ0) is 12.1. The Bertz CT molecular complexity index is 298. The van der Waals surface area contributed by atoms with Crippen LogP contribution in [-0.4, -0.2) is 54.7 Å². The van der Waals surface area contributed by atoms with Gasteiger partial charge in [0.15, 0.2) is 0 Å². The molecule has 7 heteroatoms. The predicted octanol–water partition coefficient (Wildman–Crippen LogP) is -0.724. The van der Waals surface area contributed by atoms with Crippen molar-refractivity contribution in [1.82, 2.24) is 10.2 Å². The minimum absolute atomic E-state index is 0.0885. The van der Waals surface area contributed by atoms with E-state index in [0.717, 1.165) is 0 Å². The van der Waals surface area contributed by atoms with Gasteiger partial charge in [-0.2, -0.15) is 0 Å². The molecule has 0 aliphatic carbocycles. The summed E-state index contributed by atoms with van der Waals surface area (Å²) in [6.45, 7) is 1.23. The van der Waals surface area contributed by atoms with Crippen molar-refractivity contribution < 1.29 is 24.2 Å². The van der Waals surface area contributed by atoms with Crippen LogP contribution in [0, 0.1) is 5.92 Å². The van der Waals surface area contributed by atoms with Gasteiger partial charge in [-0.1, -0.05) is 0 Å². The molecule has 0 radical (unpaired) electrons. The molecule has 1 rings (SSSR count). The van der Waals surface area contributed by atoms with Crippen LogP contribution >= 0.6 is 0 Å². The minimum Gasteiger partial charge on any atom is -0.481 e. The van der Waals surface area contributed by atoms with Gasteiger partial charge in [0.05, 0.1) is 20.1 Å². The predicted molar refractivity (Wildman–Crippen MR) is 52.7 cm³/mol. The Morgan fingerprint density at radius 3 is 2.56 bits per heavy atom. The number of aliphatic carboxylic acids is 1. The number of amides is 2. The van der Waals surface area contributed by atoms with Crippen molar-refractivity contribution in [3.05, 3.63) is 0 Å². The van der Waals surface area contributed by atoms with Crippen LogP contribution in [-0.2, 0) is 14.3 Å². The van der Waals surface area contributed by atoms with Crippen molar-refractivity contribution in [2.75, 3.05) is 26.7 Å². The van der Waals surface area contributed by atoms with Crippen LogP contribution in [0.1, 0.15) is 6.42 Å². The normalized spacial score (nSPS) is 16.3. The molecule has 1 fully saturated rings. The Morgan fingerprint density at radius 2 is 2.06 bits per heavy atom. The highest BCUT2D eigenvalue weighted by Gasteiger charge is 2.29. The fourth-order valence-electron chi connectivity index (χ4n) is 1.59. The lowest BCUT2D eigenvalue weighted by Crippen LogP contribution is -2.51. The molecule has 0 saturated carbocycles. The molecule has 0 unspecified atom stereocenters. The van der Waals surface area contributed by atoms with Gasteiger partial charge in [-0.15, -0.1) is 0 Å². The van der Waals surface area contributed by atoms with Gasteiger partial charge in [0.2, 0.25) is 5.91 Å². The van der Waals surface area contributed by atoms with Crippen molar-refractivity contribution >= 4 is 18.0 Å². The number of carbonyl (C=O) groups excluding carboxylic acids is 2. The molecule has 1 heterocycles. The molecule has 1 aliphatic rings. The number of hydrogen-bond acceptors (Lipinski definition) is 5. The van der Waals surface area contributed by atoms with Crippen molar-refractivity contribution in [3.63, 3.8) is 0 Å². The first-order valence-corrected chi connectivity index (χ1v) is 4.83. The van der Waals surface area contributed by atoms with E-state index in [1.807, 2.05) is 5.32 Å². The van der Waals surface area contributed by atoms with Crippen molar-refractivity contribution in [2.24, 2.45) is 5.92 Å². The van der Waals surface area contributed by atoms with Crippen molar-refractivity contribution in [3.8, 4) is 0 Å². The molecule has 1 saturated heterocycles. The molecule has 0 aromatic carbocycles. The molecule has 90 valence electrons. The van der Waals surface area contributed by atoms with Crippen LogP contribution < -0.4 is 5.32 Å². The lowest BCUT2D eigenvalue weighted by Gasteiger charge is -2.37. The molecule has 2 N–H and O–H groups in total. The summed E-state index contributed by atoms with van der Waals surface area (Å²) in [7, 11) is 1.18. The topological polar surface area (TPSA) is 95.9 Å². The van der Waals surface area contributed by atoms with Gasteiger partial charge in [-0.25, -0.2) is 4.79 Å². The third kappa shape index (κ3) is 3.85. The number of rotatable bonds is 4. The number of nitrogens with one attached hydrogen (secondary N) is 1. The summed E-state index contributed by atoms with van der Waals surface area (Å²) in [5, 5.41) is 10.5. The highest BCUT2D eigenvalue weighted by atomic mass is 16.5. The Labute approximate surface area is 92.4 Å². The van der Waals surface area contributed by atoms with Gasteiger partial charge in [-0.3, -0.25) is 19.8 Å². The van der Waals surface area contributed by atoms with E-state index in [-0.39, 0.29) is 18.9 Å². The molecule has 0 atom stereocenters. The van der Waals surface area contributed by atoms with E-state index in [2.05, 4.69) is 4.74 Å². The number of methoxy groups -OCH3 is 1. The highest BCUT2D eigenvalue weighted by Crippen LogP contribution is 2.17. The summed E-state index contributed by atoms with van der Waals surface area (Å²) < 4.78 is 4.26. The van der Waals surface area contributed by atoms with Crippen LogP contribution in [0.15, 0.2) is 0 Å². The first kappa shape index (κ1) is 12.4. The number of carboxylic acids is 1. The van der Waals surface area contributed by atoms with Gasteiger partial charge < -0.3 is 9.84 Å². The lowest BCUT2D eigenvalue weighted by atomic mass is 9.96. The fraction of sp³-hybridized carbons (Fsp3) is 0.667. The van der Waals surface area contributed by atoms with Crippen LogP contribution in [0.2, 0.25) is 0 Å². The van der Waals surface area contributed by atoms with Crippen LogP contribution in [0.5, 0.6) is 0 Å². The number of imide groups is 1. The first-order chi connectivity index (χ1) is 7.51. The Balaban J connectivity index is 2.15. The maximum atomic E-state index is 11.2. The second-order valence-electron chi connectivity index (χ2n) is 3.70. The fourth-order valence-corrected chi connectivity index (χ4v) is 1.59. The van der Waals surface area contributed by atoms with Crippen LogP contribution in [0.25, 0.3) is 0 Å². The maximum Gasteiger partial charge on any atom is 0.413 e. The molecule has 0 spiro atoms. The average Bonchev–Trinajstić information content (AvgIpc) is 2.13. The SMILES string of the molecule is COC(=O)NC(=O)CN1CC(CC(=O)O)C1. The average molecular weight is 230 g/mol. The third-order valence-corrected chi connectivity index (χ3v) is 2.29. The molecular weight excluding hydrogens is 216 g/mol. The van der Waals surface area contributed by atoms with Gasteiger partial charge in [0.1, 0.15) is 0 Å². The number of carbonyl (C=O) groups is 3. The molecule has 7 nitrogen and oxygen atoms in total. The summed E-state index contributed by atoms with van der Waals surface area (Å²) >= 11 is 0. The number of carboxylic acid groups (broad SMARTS) is 1. The standard InChI is InChI=1S/C9H14N2O5/c1-16-9(15)10-7(12)5-11-3-6(4-11)2-8(13)14/h6H,2-5H2,1H3,(H,13,14)(H,10,12,15). The summed E-state index contributed by atoms with van der Waals surface area (Å²) in [6.07, 6.45) is -0.664. The molecule has 0 aromatic heterocycles. The third-order valence-electron chi connectivity index (χ3n) is 2.29. The first-order valence-electron chi connectivity index (χ1n) is 4.83. The van der Waals surface area contributed by atoms with Gasteiger partial charge in [0.25, 0.3) is 0 Å². The zero-order valence-electron chi connectivity index (χ0n) is 8.93. The summed E-state index contributed by atoms with van der Waals surface area (Å²) in [6, 6.07) is 0. The van der Waals surface area contributed by atoms with Gasteiger partial charge in [0, 0.05) is 13.1 Å². The van der Waals surface area contributed by atoms with E-state index in [1.165, 1.54) is 7.11 Å². The van der Waals surface area contributed by atoms with E-state index >= 15 is 0 Å². The van der Waals surface area contributed by atoms with Crippen LogP contribution in [0.4, 0.5) is 4.79 Å². The molecule has 1 aliphatic heterocycles. The van der Waals surface area contributed by atoms with Crippen molar-refractivity contribution in [2.45, 2.75) is 6.42 Å². The molecule has 0 bridgehead atoms. The monoisotopic (exact) mass is 230 g/mol. The van der Waals surface area contributed by atoms with Gasteiger partial charge >= 0.3 is 12.1 Å². The smallest absolute Gasteiger partial charge is 0.413 e. The van der Waals surface area contributed by atoms with E-state index in [4.69, 9.17) is 5.11 Å². The number of likely N-dealkylation sites (tertiary alicyclic amines) is 1. The maximum absolute atomic E-state index is 11.2. The van der Waals surface area contributed by atoms with E-state index in [0.29, 0.717) is 13.1 Å². The second kappa shape index (κ2) is 5.45. The number of hydrogen-bond donors (Lipinski definition) is 2. The van der Waals surface area contributed by atoms with E-state index in [9.17, 15) is 14.4 Å². The molecule has 0 aromatic rings. The summed E-state index contributed by atoms with van der Waals surface area (Å²) in [5.74, 6) is -1.17. The molecule has 2 amide bonds. The summed E-state index contributed by atoms with van der Waals surface area (Å²) in [4.78, 5) is 34.0. The Kier molecular flexibility index (Phi) is 4.24. The van der Waals surface area contributed by atoms with Gasteiger partial charge in [-0.05, 0) is 5.92 Å². The number of nitrogens with zero attached hydrogens (tertiary/aromatic N) is 1. The molecular formula is C9H14N2O5. The summed E-state index contributed by atoms with van der Waals surface area (Å²) in [5.41, 5.74) is 0. The van der Waals surface area contributed by atoms with E-state index < -0.39 is 18.0 Å². The zero-order valence-corrected chi connectivity index (χ0v) is 8.93. The number of ether oxygens (including phenoxy) is 1. The largest absolute Gasteiger partial charge is 0.481 e. The van der Waals surface area contributed by atoms with E-state index in [1.54, 1.807) is 4.90 Å². The second-order valence-corrected chi connectivity index (χ2v) is 3.70. The Hall–Kier alpha value is -1.63. The minimum atomic E-state index is -0.830. The van der Waals surface area contributed by atoms with Crippen LogP contribution in [0.3, 0.4) is 0 Å². The molecule has 16 heavy (non-hydrogen) atoms. The Morgan fingerprint density at radius 1 is 1.44 bits per heavy atom. The number of alkyl carbamates (subject to hydrolysis) is 1. The lowest BCUT2D eigenvalue weighted by molar-refractivity contribution is -0.139. The quantitative estimate of drug-likeness (QED) is 0.661.